The third-order valence-corrected chi connectivity index (χ3v) is 4.53. The lowest BCUT2D eigenvalue weighted by Gasteiger charge is -2.17. The van der Waals surface area contributed by atoms with Gasteiger partial charge in [0, 0.05) is 17.2 Å². The lowest BCUT2D eigenvalue weighted by atomic mass is 10.1. The number of halogens is 1. The van der Waals surface area contributed by atoms with Crippen LogP contribution in [0.3, 0.4) is 0 Å². The van der Waals surface area contributed by atoms with E-state index in [1.165, 1.54) is 12.1 Å². The molecule has 0 radical (unpaired) electrons. The Labute approximate surface area is 178 Å². The van der Waals surface area contributed by atoms with Crippen LogP contribution in [0.5, 0.6) is 11.5 Å². The van der Waals surface area contributed by atoms with E-state index in [0.717, 1.165) is 5.56 Å². The number of benzene rings is 3. The van der Waals surface area contributed by atoms with E-state index < -0.39 is 4.92 Å². The maximum absolute atomic E-state index is 11.3. The van der Waals surface area contributed by atoms with E-state index in [9.17, 15) is 10.1 Å². The minimum Gasteiger partial charge on any atom is -0.457 e. The smallest absolute Gasteiger partial charge is 0.275 e. The van der Waals surface area contributed by atoms with E-state index in [1.54, 1.807) is 30.3 Å². The zero-order valence-corrected chi connectivity index (χ0v) is 17.0. The van der Waals surface area contributed by atoms with E-state index >= 15 is 0 Å². The Hall–Kier alpha value is -3.16. The van der Waals surface area contributed by atoms with Crippen molar-refractivity contribution in [1.29, 1.82) is 0 Å². The van der Waals surface area contributed by atoms with Gasteiger partial charge in [-0.15, -0.1) is 0 Å². The number of rotatable bonds is 6. The zero-order chi connectivity index (χ0) is 20.8. The molecule has 0 heterocycles. The van der Waals surface area contributed by atoms with Crippen molar-refractivity contribution >= 4 is 40.3 Å². The highest BCUT2D eigenvalue weighted by atomic mass is 35.5. The second-order valence-electron chi connectivity index (χ2n) is 6.26. The Balaban J connectivity index is 1.75. The molecule has 0 spiro atoms. The van der Waals surface area contributed by atoms with Crippen LogP contribution in [0.1, 0.15) is 18.5 Å². The Morgan fingerprint density at radius 3 is 2.41 bits per heavy atom. The molecule has 29 heavy (non-hydrogen) atoms. The summed E-state index contributed by atoms with van der Waals surface area (Å²) in [6.45, 7) is 1.98. The van der Waals surface area contributed by atoms with Gasteiger partial charge in [0.2, 0.25) is 0 Å². The molecule has 0 amide bonds. The molecule has 3 aromatic rings. The van der Waals surface area contributed by atoms with Crippen molar-refractivity contribution in [3.8, 4) is 11.5 Å². The summed E-state index contributed by atoms with van der Waals surface area (Å²) in [5.41, 5.74) is 1.40. The number of nitrogens with zero attached hydrogens (tertiary/aromatic N) is 1. The molecular formula is C21H18ClN3O3S. The Morgan fingerprint density at radius 2 is 1.76 bits per heavy atom. The summed E-state index contributed by atoms with van der Waals surface area (Å²) in [4.78, 5) is 10.8. The van der Waals surface area contributed by atoms with Crippen molar-refractivity contribution in [1.82, 2.24) is 5.32 Å². The lowest BCUT2D eigenvalue weighted by molar-refractivity contribution is -0.384. The second-order valence-corrected chi connectivity index (χ2v) is 7.10. The molecule has 3 aromatic carbocycles. The summed E-state index contributed by atoms with van der Waals surface area (Å²) in [5, 5.41) is 18.4. The van der Waals surface area contributed by atoms with Gasteiger partial charge >= 0.3 is 0 Å². The quantitative estimate of drug-likeness (QED) is 0.281. The van der Waals surface area contributed by atoms with Gasteiger partial charge in [0.1, 0.15) is 11.5 Å². The molecule has 0 fully saturated rings. The number of ether oxygens (including phenoxy) is 1. The molecule has 6 nitrogen and oxygen atoms in total. The number of non-ortho nitro benzene ring substituents is 1. The minimum absolute atomic E-state index is 0.0281. The molecule has 0 bridgehead atoms. The van der Waals surface area contributed by atoms with Crippen molar-refractivity contribution in [2.75, 3.05) is 5.32 Å². The monoisotopic (exact) mass is 427 g/mol. The maximum atomic E-state index is 11.3. The van der Waals surface area contributed by atoms with E-state index in [1.807, 2.05) is 37.3 Å². The Kier molecular flexibility index (Phi) is 6.64. The molecule has 0 saturated carbocycles. The number of thiocarbonyl (C=S) groups is 1. The van der Waals surface area contributed by atoms with E-state index in [2.05, 4.69) is 10.6 Å². The molecule has 0 aliphatic heterocycles. The summed E-state index contributed by atoms with van der Waals surface area (Å²) in [6.07, 6.45) is 0. The molecule has 0 aromatic heterocycles. The molecule has 2 N–H and O–H groups in total. The number of anilines is 1. The molecular weight excluding hydrogens is 410 g/mol. The summed E-state index contributed by atoms with van der Waals surface area (Å²) in [6, 6.07) is 20.9. The van der Waals surface area contributed by atoms with Crippen molar-refractivity contribution in [2.24, 2.45) is 0 Å². The van der Waals surface area contributed by atoms with Crippen LogP contribution in [-0.4, -0.2) is 10.0 Å². The van der Waals surface area contributed by atoms with Crippen LogP contribution in [0, 0.1) is 10.1 Å². The number of nitrogens with one attached hydrogen (secondary N) is 2. The molecule has 148 valence electrons. The molecule has 8 heteroatoms. The first-order valence-electron chi connectivity index (χ1n) is 8.76. The molecule has 3 rings (SSSR count). The largest absolute Gasteiger partial charge is 0.457 e. The van der Waals surface area contributed by atoms with Gasteiger partial charge in [-0.3, -0.25) is 10.1 Å². The number of nitro benzene ring substituents is 1. The van der Waals surface area contributed by atoms with Crippen molar-refractivity contribution in [2.45, 2.75) is 13.0 Å². The fourth-order valence-corrected chi connectivity index (χ4v) is 3.07. The average Bonchev–Trinajstić information content (AvgIpc) is 2.70. The summed E-state index contributed by atoms with van der Waals surface area (Å²) < 4.78 is 5.73. The van der Waals surface area contributed by atoms with Crippen LogP contribution in [0.25, 0.3) is 0 Å². The minimum atomic E-state index is -0.483. The molecule has 1 unspecified atom stereocenters. The van der Waals surface area contributed by atoms with Gasteiger partial charge in [-0.05, 0) is 49.0 Å². The molecule has 1 atom stereocenters. The van der Waals surface area contributed by atoms with Gasteiger partial charge in [0.25, 0.3) is 5.69 Å². The van der Waals surface area contributed by atoms with E-state index in [-0.39, 0.29) is 11.7 Å². The summed E-state index contributed by atoms with van der Waals surface area (Å²) in [7, 11) is 0. The van der Waals surface area contributed by atoms with Crippen molar-refractivity contribution < 1.29 is 9.66 Å². The van der Waals surface area contributed by atoms with E-state index in [0.29, 0.717) is 27.3 Å². The first-order valence-corrected chi connectivity index (χ1v) is 9.55. The predicted octanol–water partition coefficient (Wildman–Crippen LogP) is 6.09. The molecule has 0 aliphatic carbocycles. The van der Waals surface area contributed by atoms with Gasteiger partial charge in [0.05, 0.1) is 22.7 Å². The normalized spacial score (nSPS) is 11.4. The van der Waals surface area contributed by atoms with Gasteiger partial charge in [-0.25, -0.2) is 0 Å². The second kappa shape index (κ2) is 9.36. The highest BCUT2D eigenvalue weighted by Gasteiger charge is 2.13. The van der Waals surface area contributed by atoms with Crippen LogP contribution < -0.4 is 15.4 Å². The van der Waals surface area contributed by atoms with Gasteiger partial charge in [-0.1, -0.05) is 41.9 Å². The zero-order valence-electron chi connectivity index (χ0n) is 15.5. The predicted molar refractivity (Wildman–Crippen MR) is 119 cm³/mol. The Bertz CT molecular complexity index is 1010. The first kappa shape index (κ1) is 20.6. The average molecular weight is 428 g/mol. The standard InChI is InChI=1S/C21H18ClN3O3S/c1-14(15-5-3-2-4-6-15)23-21(29)24-17-11-18(25(26)27)13-20(12-17)28-19-9-7-16(22)8-10-19/h2-14H,1H3,(H2,23,24,29). The number of hydrogen-bond donors (Lipinski definition) is 2. The third kappa shape index (κ3) is 5.91. The van der Waals surface area contributed by atoms with Crippen LogP contribution in [0.2, 0.25) is 5.02 Å². The number of hydrogen-bond acceptors (Lipinski definition) is 4. The Morgan fingerprint density at radius 1 is 1.07 bits per heavy atom. The van der Waals surface area contributed by atoms with Crippen molar-refractivity contribution in [3.63, 3.8) is 0 Å². The van der Waals surface area contributed by atoms with Crippen LogP contribution in [0.4, 0.5) is 11.4 Å². The fraction of sp³-hybridized carbons (Fsp3) is 0.0952. The highest BCUT2D eigenvalue weighted by molar-refractivity contribution is 7.80. The van der Waals surface area contributed by atoms with Gasteiger partial charge in [-0.2, -0.15) is 0 Å². The van der Waals surface area contributed by atoms with Crippen LogP contribution >= 0.6 is 23.8 Å². The summed E-state index contributed by atoms with van der Waals surface area (Å²) >= 11 is 11.2. The van der Waals surface area contributed by atoms with Gasteiger partial charge < -0.3 is 15.4 Å². The third-order valence-electron chi connectivity index (χ3n) is 4.06. The molecule has 0 saturated heterocycles. The van der Waals surface area contributed by atoms with Crippen LogP contribution in [0.15, 0.2) is 72.8 Å². The van der Waals surface area contributed by atoms with Crippen molar-refractivity contribution in [3.05, 3.63) is 93.5 Å². The van der Waals surface area contributed by atoms with Gasteiger partial charge in [0.15, 0.2) is 5.11 Å². The van der Waals surface area contributed by atoms with E-state index in [4.69, 9.17) is 28.6 Å². The number of nitro groups is 1. The topological polar surface area (TPSA) is 76.4 Å². The first-order chi connectivity index (χ1) is 13.9. The molecule has 0 aliphatic rings. The lowest BCUT2D eigenvalue weighted by Crippen LogP contribution is -2.30. The summed E-state index contributed by atoms with van der Waals surface area (Å²) in [5.74, 6) is 0.821. The maximum Gasteiger partial charge on any atom is 0.275 e. The highest BCUT2D eigenvalue weighted by Crippen LogP contribution is 2.30. The van der Waals surface area contributed by atoms with Crippen LogP contribution in [-0.2, 0) is 0 Å². The fourth-order valence-electron chi connectivity index (χ4n) is 2.65. The SMILES string of the molecule is CC(NC(=S)Nc1cc(Oc2ccc(Cl)cc2)cc([N+](=O)[O-])c1)c1ccccc1.